The predicted octanol–water partition coefficient (Wildman–Crippen LogP) is 2.46. The number of rotatable bonds is 4. The van der Waals surface area contributed by atoms with E-state index in [-0.39, 0.29) is 0 Å². The quantitative estimate of drug-likeness (QED) is 0.586. The molecule has 1 fully saturated rings. The largest absolute Gasteiger partial charge is 0.381 e. The van der Waals surface area contributed by atoms with E-state index in [9.17, 15) is 0 Å². The number of hydrogen-bond donors (Lipinski definition) is 0. The molecule has 0 N–H and O–H groups in total. The molecule has 2 atom stereocenters. The summed E-state index contributed by atoms with van der Waals surface area (Å²) in [7, 11) is 0. The van der Waals surface area contributed by atoms with Gasteiger partial charge in [0.15, 0.2) is 0 Å². The highest BCUT2D eigenvalue weighted by molar-refractivity contribution is 4.78. The topological polar surface area (TPSA) is 9.23 Å². The molecule has 0 aromatic rings. The second kappa shape index (κ2) is 3.97. The summed E-state index contributed by atoms with van der Waals surface area (Å²) in [5.74, 6) is 1.87. The summed E-state index contributed by atoms with van der Waals surface area (Å²) < 4.78 is 5.37. The number of ether oxygens (including phenoxy) is 1. The molecule has 10 heavy (non-hydrogen) atoms. The summed E-state index contributed by atoms with van der Waals surface area (Å²) >= 11 is 0. The molecule has 0 aromatic heterocycles. The van der Waals surface area contributed by atoms with Crippen molar-refractivity contribution in [2.75, 3.05) is 13.2 Å². The van der Waals surface area contributed by atoms with Gasteiger partial charge >= 0.3 is 0 Å². The van der Waals surface area contributed by atoms with E-state index >= 15 is 0 Å². The molecule has 1 aliphatic rings. The highest BCUT2D eigenvalue weighted by atomic mass is 16.5. The first-order valence-electron chi connectivity index (χ1n) is 4.46. The molecular formula is C9H18O. The molecule has 0 spiro atoms. The van der Waals surface area contributed by atoms with Gasteiger partial charge in [-0.15, -0.1) is 0 Å². The SMILES string of the molecule is CCOCC1CCC1CC. The molecule has 0 aromatic carbocycles. The minimum Gasteiger partial charge on any atom is -0.381 e. The fraction of sp³-hybridized carbons (Fsp3) is 1.00. The van der Waals surface area contributed by atoms with Gasteiger partial charge in [-0.05, 0) is 31.6 Å². The van der Waals surface area contributed by atoms with Gasteiger partial charge in [-0.1, -0.05) is 13.3 Å². The van der Waals surface area contributed by atoms with Crippen molar-refractivity contribution in [3.63, 3.8) is 0 Å². The van der Waals surface area contributed by atoms with Crippen molar-refractivity contribution in [1.29, 1.82) is 0 Å². The van der Waals surface area contributed by atoms with Crippen LogP contribution in [0.5, 0.6) is 0 Å². The Labute approximate surface area is 63.8 Å². The second-order valence-electron chi connectivity index (χ2n) is 3.17. The van der Waals surface area contributed by atoms with Gasteiger partial charge in [-0.3, -0.25) is 0 Å². The molecule has 0 bridgehead atoms. The molecule has 60 valence electrons. The van der Waals surface area contributed by atoms with Gasteiger partial charge in [0, 0.05) is 13.2 Å². The maximum Gasteiger partial charge on any atom is 0.0496 e. The van der Waals surface area contributed by atoms with Gasteiger partial charge in [0.05, 0.1) is 0 Å². The first kappa shape index (κ1) is 8.06. The standard InChI is InChI=1S/C9H18O/c1-3-8-5-6-9(8)7-10-4-2/h8-9H,3-7H2,1-2H3. The fourth-order valence-electron chi connectivity index (χ4n) is 1.66. The van der Waals surface area contributed by atoms with E-state index in [1.54, 1.807) is 0 Å². The van der Waals surface area contributed by atoms with Crippen molar-refractivity contribution in [2.45, 2.75) is 33.1 Å². The van der Waals surface area contributed by atoms with Crippen LogP contribution in [0.2, 0.25) is 0 Å². The molecule has 0 radical (unpaired) electrons. The summed E-state index contributed by atoms with van der Waals surface area (Å²) in [4.78, 5) is 0. The smallest absolute Gasteiger partial charge is 0.0496 e. The monoisotopic (exact) mass is 142 g/mol. The van der Waals surface area contributed by atoms with Crippen molar-refractivity contribution in [2.24, 2.45) is 11.8 Å². The summed E-state index contributed by atoms with van der Waals surface area (Å²) in [6.45, 7) is 6.24. The minimum atomic E-state index is 0.882. The van der Waals surface area contributed by atoms with Gasteiger partial charge < -0.3 is 4.74 Å². The Hall–Kier alpha value is -0.0400. The maximum atomic E-state index is 5.37. The molecule has 1 heteroatoms. The van der Waals surface area contributed by atoms with Gasteiger partial charge in [-0.2, -0.15) is 0 Å². The van der Waals surface area contributed by atoms with Gasteiger partial charge in [0.1, 0.15) is 0 Å². The predicted molar refractivity (Wildman–Crippen MR) is 43.0 cm³/mol. The minimum absolute atomic E-state index is 0.882. The highest BCUT2D eigenvalue weighted by Gasteiger charge is 2.28. The zero-order valence-electron chi connectivity index (χ0n) is 7.10. The Kier molecular flexibility index (Phi) is 3.20. The lowest BCUT2D eigenvalue weighted by atomic mass is 9.73. The van der Waals surface area contributed by atoms with Crippen LogP contribution in [0.1, 0.15) is 33.1 Å². The van der Waals surface area contributed by atoms with Gasteiger partial charge in [-0.25, -0.2) is 0 Å². The fourth-order valence-corrected chi connectivity index (χ4v) is 1.66. The summed E-state index contributed by atoms with van der Waals surface area (Å²) in [5, 5.41) is 0. The van der Waals surface area contributed by atoms with Crippen LogP contribution in [0, 0.1) is 11.8 Å². The van der Waals surface area contributed by atoms with E-state index in [1.807, 2.05) is 0 Å². The summed E-state index contributed by atoms with van der Waals surface area (Å²) in [6.07, 6.45) is 4.19. The summed E-state index contributed by atoms with van der Waals surface area (Å²) in [5.41, 5.74) is 0. The molecule has 1 saturated carbocycles. The third-order valence-corrected chi connectivity index (χ3v) is 2.64. The Balaban J connectivity index is 2.05. The Morgan fingerprint density at radius 2 is 1.90 bits per heavy atom. The van der Waals surface area contributed by atoms with Crippen LogP contribution < -0.4 is 0 Å². The van der Waals surface area contributed by atoms with E-state index < -0.39 is 0 Å². The maximum absolute atomic E-state index is 5.37. The van der Waals surface area contributed by atoms with Crippen LogP contribution in [0.3, 0.4) is 0 Å². The van der Waals surface area contributed by atoms with E-state index in [4.69, 9.17) is 4.74 Å². The molecule has 0 saturated heterocycles. The second-order valence-corrected chi connectivity index (χ2v) is 3.17. The van der Waals surface area contributed by atoms with Crippen LogP contribution in [0.4, 0.5) is 0 Å². The molecule has 1 rings (SSSR count). The highest BCUT2D eigenvalue weighted by Crippen LogP contribution is 2.36. The van der Waals surface area contributed by atoms with Crippen LogP contribution in [0.15, 0.2) is 0 Å². The number of hydrogen-bond acceptors (Lipinski definition) is 1. The van der Waals surface area contributed by atoms with E-state index in [0.29, 0.717) is 0 Å². The third-order valence-electron chi connectivity index (χ3n) is 2.64. The first-order valence-corrected chi connectivity index (χ1v) is 4.46. The Morgan fingerprint density at radius 3 is 2.30 bits per heavy atom. The van der Waals surface area contributed by atoms with Crippen molar-refractivity contribution < 1.29 is 4.74 Å². The molecule has 1 aliphatic carbocycles. The van der Waals surface area contributed by atoms with Crippen molar-refractivity contribution in [3.05, 3.63) is 0 Å². The van der Waals surface area contributed by atoms with Crippen LogP contribution in [-0.2, 0) is 4.74 Å². The van der Waals surface area contributed by atoms with Crippen molar-refractivity contribution in [3.8, 4) is 0 Å². The van der Waals surface area contributed by atoms with Gasteiger partial charge in [0.25, 0.3) is 0 Å². The molecule has 0 heterocycles. The molecular weight excluding hydrogens is 124 g/mol. The molecule has 1 nitrogen and oxygen atoms in total. The van der Waals surface area contributed by atoms with Crippen molar-refractivity contribution >= 4 is 0 Å². The zero-order chi connectivity index (χ0) is 7.40. The molecule has 0 amide bonds. The average Bonchev–Trinajstić information content (AvgIpc) is 1.88. The van der Waals surface area contributed by atoms with Crippen LogP contribution >= 0.6 is 0 Å². The molecule has 0 aliphatic heterocycles. The first-order chi connectivity index (χ1) is 4.88. The van der Waals surface area contributed by atoms with E-state index in [0.717, 1.165) is 25.0 Å². The Bertz CT molecular complexity index is 88.7. The molecule has 2 unspecified atom stereocenters. The lowest BCUT2D eigenvalue weighted by Crippen LogP contribution is -2.29. The van der Waals surface area contributed by atoms with Crippen LogP contribution in [0.25, 0.3) is 0 Å². The van der Waals surface area contributed by atoms with E-state index in [2.05, 4.69) is 13.8 Å². The average molecular weight is 142 g/mol. The van der Waals surface area contributed by atoms with Crippen molar-refractivity contribution in [1.82, 2.24) is 0 Å². The summed E-state index contributed by atoms with van der Waals surface area (Å²) in [6, 6.07) is 0. The van der Waals surface area contributed by atoms with E-state index in [1.165, 1.54) is 19.3 Å². The lowest BCUT2D eigenvalue weighted by Gasteiger charge is -2.35. The van der Waals surface area contributed by atoms with Gasteiger partial charge in [0.2, 0.25) is 0 Å². The lowest BCUT2D eigenvalue weighted by molar-refractivity contribution is 0.0362. The zero-order valence-corrected chi connectivity index (χ0v) is 7.10. The third kappa shape index (κ3) is 1.72. The normalized spacial score (nSPS) is 31.8. The Morgan fingerprint density at radius 1 is 1.20 bits per heavy atom. The van der Waals surface area contributed by atoms with Crippen LogP contribution in [-0.4, -0.2) is 13.2 Å².